The number of carboxylic acid groups (broad SMARTS) is 1. The lowest BCUT2D eigenvalue weighted by atomic mass is 10.1. The highest BCUT2D eigenvalue weighted by Crippen LogP contribution is 2.24. The molecule has 5 heteroatoms. The second kappa shape index (κ2) is 5.73. The number of likely N-dealkylation sites (tertiary alicyclic amines) is 1. The lowest BCUT2D eigenvalue weighted by molar-refractivity contribution is 0.0693. The summed E-state index contributed by atoms with van der Waals surface area (Å²) in [7, 11) is 0. The van der Waals surface area contributed by atoms with E-state index in [4.69, 9.17) is 15.6 Å². The van der Waals surface area contributed by atoms with Gasteiger partial charge in [-0.05, 0) is 38.1 Å². The summed E-state index contributed by atoms with van der Waals surface area (Å²) in [5.41, 5.74) is 5.94. The Labute approximate surface area is 106 Å². The van der Waals surface area contributed by atoms with Crippen molar-refractivity contribution in [2.75, 3.05) is 32.0 Å². The van der Waals surface area contributed by atoms with E-state index >= 15 is 0 Å². The van der Waals surface area contributed by atoms with Crippen LogP contribution in [-0.4, -0.2) is 42.2 Å². The van der Waals surface area contributed by atoms with Gasteiger partial charge in [0.1, 0.15) is 17.9 Å². The lowest BCUT2D eigenvalue weighted by Gasteiger charge is -2.16. The van der Waals surface area contributed by atoms with E-state index in [2.05, 4.69) is 4.90 Å². The first-order valence-corrected chi connectivity index (χ1v) is 6.15. The number of hydrogen-bond acceptors (Lipinski definition) is 4. The molecule has 0 atom stereocenters. The van der Waals surface area contributed by atoms with Crippen LogP contribution in [-0.2, 0) is 0 Å². The maximum atomic E-state index is 11.1. The van der Waals surface area contributed by atoms with Gasteiger partial charge in [-0.25, -0.2) is 4.79 Å². The molecule has 1 saturated heterocycles. The van der Waals surface area contributed by atoms with Gasteiger partial charge in [-0.3, -0.25) is 4.90 Å². The van der Waals surface area contributed by atoms with Crippen molar-refractivity contribution in [2.45, 2.75) is 12.8 Å². The molecule has 0 aliphatic carbocycles. The monoisotopic (exact) mass is 250 g/mol. The zero-order valence-corrected chi connectivity index (χ0v) is 10.3. The smallest absolute Gasteiger partial charge is 0.341 e. The molecule has 0 radical (unpaired) electrons. The van der Waals surface area contributed by atoms with Gasteiger partial charge >= 0.3 is 5.97 Å². The van der Waals surface area contributed by atoms with Crippen LogP contribution in [0.15, 0.2) is 18.2 Å². The fourth-order valence-electron chi connectivity index (χ4n) is 2.19. The lowest BCUT2D eigenvalue weighted by Crippen LogP contribution is -2.25. The second-order valence-electron chi connectivity index (χ2n) is 4.42. The van der Waals surface area contributed by atoms with Gasteiger partial charge in [0.15, 0.2) is 0 Å². The zero-order chi connectivity index (χ0) is 13.0. The van der Waals surface area contributed by atoms with Crippen molar-refractivity contribution in [3.05, 3.63) is 23.8 Å². The molecule has 3 N–H and O–H groups in total. The molecule has 1 aliphatic heterocycles. The van der Waals surface area contributed by atoms with E-state index in [1.165, 1.54) is 12.8 Å². The van der Waals surface area contributed by atoms with Gasteiger partial charge in [-0.1, -0.05) is 6.07 Å². The topological polar surface area (TPSA) is 75.8 Å². The van der Waals surface area contributed by atoms with Crippen LogP contribution >= 0.6 is 0 Å². The molecule has 98 valence electrons. The number of nitrogen functional groups attached to an aromatic ring is 1. The second-order valence-corrected chi connectivity index (χ2v) is 4.42. The molecule has 0 spiro atoms. The Hall–Kier alpha value is -1.75. The molecule has 0 unspecified atom stereocenters. The fourth-order valence-corrected chi connectivity index (χ4v) is 2.19. The first-order valence-electron chi connectivity index (χ1n) is 6.15. The minimum atomic E-state index is -1.05. The van der Waals surface area contributed by atoms with Crippen LogP contribution in [0.5, 0.6) is 5.75 Å². The molecule has 5 nitrogen and oxygen atoms in total. The average Bonchev–Trinajstić information content (AvgIpc) is 2.81. The summed E-state index contributed by atoms with van der Waals surface area (Å²) in [4.78, 5) is 13.4. The summed E-state index contributed by atoms with van der Waals surface area (Å²) in [5.74, 6) is -0.703. The van der Waals surface area contributed by atoms with Gasteiger partial charge < -0.3 is 15.6 Å². The van der Waals surface area contributed by atoms with E-state index < -0.39 is 5.97 Å². The van der Waals surface area contributed by atoms with E-state index in [1.807, 2.05) is 0 Å². The summed E-state index contributed by atoms with van der Waals surface area (Å²) in [5, 5.41) is 9.09. The minimum absolute atomic E-state index is 0.0546. The fraction of sp³-hybridized carbons (Fsp3) is 0.462. The average molecular weight is 250 g/mol. The normalized spacial score (nSPS) is 15.8. The molecule has 1 heterocycles. The molecule has 18 heavy (non-hydrogen) atoms. The van der Waals surface area contributed by atoms with E-state index in [9.17, 15) is 4.79 Å². The molecular formula is C13H18N2O3. The summed E-state index contributed by atoms with van der Waals surface area (Å²) >= 11 is 0. The molecule has 0 aromatic heterocycles. The van der Waals surface area contributed by atoms with Crippen molar-refractivity contribution >= 4 is 11.7 Å². The highest BCUT2D eigenvalue weighted by Gasteiger charge is 2.16. The number of carboxylic acids is 1. The predicted molar refractivity (Wildman–Crippen MR) is 69.0 cm³/mol. The molecule has 2 rings (SSSR count). The van der Waals surface area contributed by atoms with Crippen molar-refractivity contribution < 1.29 is 14.6 Å². The third-order valence-electron chi connectivity index (χ3n) is 3.14. The number of benzene rings is 1. The predicted octanol–water partition coefficient (Wildman–Crippen LogP) is 1.44. The van der Waals surface area contributed by atoms with Crippen molar-refractivity contribution in [3.63, 3.8) is 0 Å². The van der Waals surface area contributed by atoms with Crippen molar-refractivity contribution in [3.8, 4) is 5.75 Å². The van der Waals surface area contributed by atoms with Crippen molar-refractivity contribution in [2.24, 2.45) is 0 Å². The molecule has 1 aromatic rings. The number of ether oxygens (including phenoxy) is 1. The Morgan fingerprint density at radius 3 is 2.78 bits per heavy atom. The molecule has 1 fully saturated rings. The Kier molecular flexibility index (Phi) is 4.04. The number of rotatable bonds is 5. The Balaban J connectivity index is 1.96. The Morgan fingerprint density at radius 2 is 2.11 bits per heavy atom. The first kappa shape index (κ1) is 12.7. The van der Waals surface area contributed by atoms with Crippen LogP contribution < -0.4 is 10.5 Å². The zero-order valence-electron chi connectivity index (χ0n) is 10.3. The van der Waals surface area contributed by atoms with Gasteiger partial charge in [-0.2, -0.15) is 0 Å². The van der Waals surface area contributed by atoms with Gasteiger partial charge in [0.2, 0.25) is 0 Å². The Morgan fingerprint density at radius 1 is 1.39 bits per heavy atom. The standard InChI is InChI=1S/C13H18N2O3/c14-10-4-3-5-11(12(10)13(16)17)18-9-8-15-6-1-2-7-15/h3-5H,1-2,6-9,14H2,(H,16,17). The van der Waals surface area contributed by atoms with E-state index in [0.717, 1.165) is 19.6 Å². The molecule has 0 amide bonds. The summed E-state index contributed by atoms with van der Waals surface area (Å²) < 4.78 is 5.54. The van der Waals surface area contributed by atoms with Crippen LogP contribution in [0.25, 0.3) is 0 Å². The summed E-state index contributed by atoms with van der Waals surface area (Å²) in [6, 6.07) is 4.91. The molecule has 0 saturated carbocycles. The third kappa shape index (κ3) is 2.92. The van der Waals surface area contributed by atoms with Gasteiger partial charge in [0, 0.05) is 12.2 Å². The molecule has 1 aromatic carbocycles. The number of hydrogen-bond donors (Lipinski definition) is 2. The van der Waals surface area contributed by atoms with Gasteiger partial charge in [0.05, 0.1) is 0 Å². The quantitative estimate of drug-likeness (QED) is 0.773. The molecular weight excluding hydrogens is 232 g/mol. The summed E-state index contributed by atoms with van der Waals surface area (Å²) in [6.45, 7) is 3.52. The summed E-state index contributed by atoms with van der Waals surface area (Å²) in [6.07, 6.45) is 2.47. The van der Waals surface area contributed by atoms with E-state index in [0.29, 0.717) is 12.4 Å². The van der Waals surface area contributed by atoms with Gasteiger partial charge in [-0.15, -0.1) is 0 Å². The van der Waals surface area contributed by atoms with Crippen LogP contribution in [0.3, 0.4) is 0 Å². The van der Waals surface area contributed by atoms with Crippen LogP contribution in [0.1, 0.15) is 23.2 Å². The third-order valence-corrected chi connectivity index (χ3v) is 3.14. The minimum Gasteiger partial charge on any atom is -0.491 e. The van der Waals surface area contributed by atoms with Crippen molar-refractivity contribution in [1.82, 2.24) is 4.90 Å². The Bertz CT molecular complexity index is 428. The number of aromatic carboxylic acids is 1. The van der Waals surface area contributed by atoms with Crippen LogP contribution in [0.4, 0.5) is 5.69 Å². The SMILES string of the molecule is Nc1cccc(OCCN2CCCC2)c1C(=O)O. The van der Waals surface area contributed by atoms with E-state index in [-0.39, 0.29) is 11.3 Å². The first-order chi connectivity index (χ1) is 8.68. The molecule has 1 aliphatic rings. The largest absolute Gasteiger partial charge is 0.491 e. The number of nitrogens with two attached hydrogens (primary N) is 1. The van der Waals surface area contributed by atoms with Crippen molar-refractivity contribution in [1.29, 1.82) is 0 Å². The van der Waals surface area contributed by atoms with Gasteiger partial charge in [0.25, 0.3) is 0 Å². The number of anilines is 1. The highest BCUT2D eigenvalue weighted by atomic mass is 16.5. The maximum absolute atomic E-state index is 11.1. The number of carbonyl (C=O) groups is 1. The molecule has 0 bridgehead atoms. The van der Waals surface area contributed by atoms with E-state index in [1.54, 1.807) is 18.2 Å². The van der Waals surface area contributed by atoms with Crippen LogP contribution in [0.2, 0.25) is 0 Å². The highest BCUT2D eigenvalue weighted by molar-refractivity contribution is 5.96. The maximum Gasteiger partial charge on any atom is 0.341 e. The van der Waals surface area contributed by atoms with Crippen LogP contribution in [0, 0.1) is 0 Å². The number of nitrogens with zero attached hydrogens (tertiary/aromatic N) is 1.